The molecule has 3 rings (SSSR count). The van der Waals surface area contributed by atoms with Crippen LogP contribution in [0.4, 0.5) is 0 Å². The Labute approximate surface area is 158 Å². The molecule has 0 saturated heterocycles. The zero-order valence-corrected chi connectivity index (χ0v) is 16.0. The maximum absolute atomic E-state index is 10.7. The van der Waals surface area contributed by atoms with Crippen LogP contribution in [0.15, 0.2) is 53.4 Å². The van der Waals surface area contributed by atoms with Crippen LogP contribution >= 0.6 is 11.8 Å². The molecule has 134 valence electrons. The zero-order valence-electron chi connectivity index (χ0n) is 15.2. The highest BCUT2D eigenvalue weighted by Crippen LogP contribution is 2.33. The molecule has 0 aliphatic rings. The van der Waals surface area contributed by atoms with Crippen molar-refractivity contribution in [2.75, 3.05) is 6.61 Å². The minimum atomic E-state index is -0.966. The molecule has 0 amide bonds. The molecule has 0 unspecified atom stereocenters. The van der Waals surface area contributed by atoms with Crippen LogP contribution < -0.4 is 4.74 Å². The molecular formula is C22H22O3S. The number of benzene rings is 3. The predicted molar refractivity (Wildman–Crippen MR) is 107 cm³/mol. The maximum atomic E-state index is 10.7. The van der Waals surface area contributed by atoms with Gasteiger partial charge in [-0.3, -0.25) is 0 Å². The second-order valence-electron chi connectivity index (χ2n) is 6.44. The Kier molecular flexibility index (Phi) is 5.52. The Morgan fingerprint density at radius 3 is 2.42 bits per heavy atom. The molecule has 0 spiro atoms. The highest BCUT2D eigenvalue weighted by Gasteiger charge is 2.10. The van der Waals surface area contributed by atoms with Crippen LogP contribution in [0.1, 0.15) is 22.3 Å². The van der Waals surface area contributed by atoms with Gasteiger partial charge in [0.25, 0.3) is 0 Å². The van der Waals surface area contributed by atoms with Crippen molar-refractivity contribution in [3.05, 3.63) is 70.8 Å². The van der Waals surface area contributed by atoms with Gasteiger partial charge in [0, 0.05) is 10.6 Å². The van der Waals surface area contributed by atoms with Gasteiger partial charge in [0.2, 0.25) is 0 Å². The van der Waals surface area contributed by atoms with Crippen molar-refractivity contribution in [3.63, 3.8) is 0 Å². The van der Waals surface area contributed by atoms with Crippen LogP contribution in [0.2, 0.25) is 0 Å². The number of ether oxygens (including phenoxy) is 1. The van der Waals surface area contributed by atoms with Crippen LogP contribution in [0.3, 0.4) is 0 Å². The molecule has 0 radical (unpaired) electrons. The number of fused-ring (bicyclic) bond motifs is 1. The molecule has 26 heavy (non-hydrogen) atoms. The summed E-state index contributed by atoms with van der Waals surface area (Å²) in [5.41, 5.74) is 4.66. The fourth-order valence-corrected chi connectivity index (χ4v) is 4.12. The van der Waals surface area contributed by atoms with E-state index in [0.29, 0.717) is 5.75 Å². The number of rotatable bonds is 6. The number of aryl methyl sites for hydroxylation is 3. The van der Waals surface area contributed by atoms with E-state index in [9.17, 15) is 4.79 Å². The third-order valence-corrected chi connectivity index (χ3v) is 5.65. The Balaban J connectivity index is 1.81. The van der Waals surface area contributed by atoms with E-state index >= 15 is 0 Å². The quantitative estimate of drug-likeness (QED) is 0.583. The van der Waals surface area contributed by atoms with Crippen LogP contribution in [0.5, 0.6) is 5.75 Å². The fourth-order valence-electron chi connectivity index (χ4n) is 3.01. The average molecular weight is 366 g/mol. The van der Waals surface area contributed by atoms with Crippen molar-refractivity contribution in [2.45, 2.75) is 31.4 Å². The lowest BCUT2D eigenvalue weighted by molar-refractivity contribution is -0.139. The molecule has 0 aliphatic carbocycles. The summed E-state index contributed by atoms with van der Waals surface area (Å²) < 4.78 is 5.36. The highest BCUT2D eigenvalue weighted by molar-refractivity contribution is 7.98. The van der Waals surface area contributed by atoms with Crippen molar-refractivity contribution in [1.82, 2.24) is 0 Å². The average Bonchev–Trinajstić information content (AvgIpc) is 2.62. The van der Waals surface area contributed by atoms with Gasteiger partial charge in [-0.05, 0) is 65.9 Å². The Morgan fingerprint density at radius 1 is 0.962 bits per heavy atom. The van der Waals surface area contributed by atoms with Crippen molar-refractivity contribution in [3.8, 4) is 5.75 Å². The van der Waals surface area contributed by atoms with Gasteiger partial charge in [0.05, 0.1) is 0 Å². The summed E-state index contributed by atoms with van der Waals surface area (Å²) in [5.74, 6) is 0.554. The van der Waals surface area contributed by atoms with Gasteiger partial charge in [-0.15, -0.1) is 11.8 Å². The molecule has 0 saturated carbocycles. The predicted octanol–water partition coefficient (Wildman–Crippen LogP) is 5.52. The van der Waals surface area contributed by atoms with E-state index in [1.165, 1.54) is 26.8 Å². The highest BCUT2D eigenvalue weighted by atomic mass is 32.2. The van der Waals surface area contributed by atoms with Crippen LogP contribution in [-0.2, 0) is 10.5 Å². The molecule has 3 nitrogen and oxygen atoms in total. The summed E-state index contributed by atoms with van der Waals surface area (Å²) in [6.07, 6.45) is 0. The third-order valence-electron chi connectivity index (χ3n) is 4.44. The molecule has 0 fully saturated rings. The van der Waals surface area contributed by atoms with Crippen molar-refractivity contribution in [2.24, 2.45) is 0 Å². The number of hydrogen-bond donors (Lipinski definition) is 1. The maximum Gasteiger partial charge on any atom is 0.341 e. The number of hydrogen-bond acceptors (Lipinski definition) is 3. The van der Waals surface area contributed by atoms with Gasteiger partial charge in [0.1, 0.15) is 5.75 Å². The lowest BCUT2D eigenvalue weighted by Gasteiger charge is -2.13. The summed E-state index contributed by atoms with van der Waals surface area (Å²) in [6, 6.07) is 16.9. The van der Waals surface area contributed by atoms with Gasteiger partial charge < -0.3 is 9.84 Å². The topological polar surface area (TPSA) is 46.5 Å². The minimum Gasteiger partial charge on any atom is -0.482 e. The zero-order chi connectivity index (χ0) is 18.7. The lowest BCUT2D eigenvalue weighted by Crippen LogP contribution is -2.10. The number of carboxylic acids is 1. The Bertz CT molecular complexity index is 963. The van der Waals surface area contributed by atoms with E-state index in [0.717, 1.165) is 16.9 Å². The van der Waals surface area contributed by atoms with E-state index in [2.05, 4.69) is 49.4 Å². The second kappa shape index (κ2) is 7.83. The van der Waals surface area contributed by atoms with E-state index in [1.54, 1.807) is 11.8 Å². The molecule has 0 aromatic heterocycles. The lowest BCUT2D eigenvalue weighted by atomic mass is 10.0. The SMILES string of the molecule is Cc1cc(SCc2ccc(C)c3ccccc23)c(C)cc1OCC(=O)O. The molecule has 0 bridgehead atoms. The largest absolute Gasteiger partial charge is 0.482 e. The van der Waals surface area contributed by atoms with Crippen LogP contribution in [0.25, 0.3) is 10.8 Å². The first-order valence-electron chi connectivity index (χ1n) is 8.51. The van der Waals surface area contributed by atoms with Gasteiger partial charge in [-0.25, -0.2) is 4.79 Å². The first kappa shape index (κ1) is 18.3. The number of carboxylic acid groups (broad SMARTS) is 1. The molecule has 0 atom stereocenters. The number of aliphatic carboxylic acids is 1. The molecule has 3 aromatic carbocycles. The molecule has 0 aliphatic heterocycles. The van der Waals surface area contributed by atoms with Crippen molar-refractivity contribution in [1.29, 1.82) is 0 Å². The van der Waals surface area contributed by atoms with Gasteiger partial charge in [0.15, 0.2) is 6.61 Å². The molecule has 3 aromatic rings. The van der Waals surface area contributed by atoms with Gasteiger partial charge in [-0.2, -0.15) is 0 Å². The van der Waals surface area contributed by atoms with Crippen LogP contribution in [-0.4, -0.2) is 17.7 Å². The van der Waals surface area contributed by atoms with Crippen molar-refractivity contribution < 1.29 is 14.6 Å². The molecular weight excluding hydrogens is 344 g/mol. The second-order valence-corrected chi connectivity index (χ2v) is 7.46. The Morgan fingerprint density at radius 2 is 1.69 bits per heavy atom. The smallest absolute Gasteiger partial charge is 0.341 e. The van der Waals surface area contributed by atoms with Crippen LogP contribution in [0, 0.1) is 20.8 Å². The monoisotopic (exact) mass is 366 g/mol. The summed E-state index contributed by atoms with van der Waals surface area (Å²) >= 11 is 1.80. The van der Waals surface area contributed by atoms with E-state index in [4.69, 9.17) is 9.84 Å². The standard InChI is InChI=1S/C22H22O3S/c1-14-8-9-17(19-7-5-4-6-18(14)19)13-26-21-11-15(2)20(10-16(21)3)25-12-22(23)24/h4-11H,12-13H2,1-3H3,(H,23,24). The summed E-state index contributed by atoms with van der Waals surface area (Å²) in [4.78, 5) is 11.9. The van der Waals surface area contributed by atoms with Gasteiger partial charge >= 0.3 is 5.97 Å². The summed E-state index contributed by atoms with van der Waals surface area (Å²) in [7, 11) is 0. The van der Waals surface area contributed by atoms with E-state index in [1.807, 2.05) is 19.9 Å². The number of thioether (sulfide) groups is 1. The normalized spacial score (nSPS) is 10.9. The summed E-state index contributed by atoms with van der Waals surface area (Å²) in [5, 5.41) is 11.4. The third kappa shape index (κ3) is 4.02. The molecule has 1 N–H and O–H groups in total. The Hall–Kier alpha value is -2.46. The molecule has 4 heteroatoms. The fraction of sp³-hybridized carbons (Fsp3) is 0.227. The van der Waals surface area contributed by atoms with E-state index in [-0.39, 0.29) is 6.61 Å². The first-order chi connectivity index (χ1) is 12.5. The van der Waals surface area contributed by atoms with Crippen molar-refractivity contribution >= 4 is 28.5 Å². The summed E-state index contributed by atoms with van der Waals surface area (Å²) in [6.45, 7) is 5.80. The first-order valence-corrected chi connectivity index (χ1v) is 9.50. The number of carbonyl (C=O) groups is 1. The van der Waals surface area contributed by atoms with E-state index < -0.39 is 5.97 Å². The van der Waals surface area contributed by atoms with Gasteiger partial charge in [-0.1, -0.05) is 36.4 Å². The minimum absolute atomic E-state index is 0.317. The molecule has 0 heterocycles.